The zero-order valence-corrected chi connectivity index (χ0v) is 12.1. The summed E-state index contributed by atoms with van der Waals surface area (Å²) < 4.78 is 26.7. The normalized spacial score (nSPS) is 13.6. The predicted octanol–water partition coefficient (Wildman–Crippen LogP) is 1.95. The lowest BCUT2D eigenvalue weighted by atomic mass is 10.1. The molecule has 2 N–H and O–H groups in total. The summed E-state index contributed by atoms with van der Waals surface area (Å²) in [5, 5.41) is 9.28. The van der Waals surface area contributed by atoms with Gasteiger partial charge in [-0.3, -0.25) is 0 Å². The second kappa shape index (κ2) is 6.52. The van der Waals surface area contributed by atoms with Gasteiger partial charge in [0.25, 0.3) is 0 Å². The number of rotatable bonds is 6. The molecular weight excluding hydrogens is 274 g/mol. The predicted molar refractivity (Wildman–Crippen MR) is 72.2 cm³/mol. The smallest absolute Gasteiger partial charge is 0.240 e. The van der Waals surface area contributed by atoms with Crippen molar-refractivity contribution in [2.24, 2.45) is 5.92 Å². The summed E-state index contributed by atoms with van der Waals surface area (Å²) >= 11 is 5.79. The van der Waals surface area contributed by atoms with Gasteiger partial charge in [-0.25, -0.2) is 13.1 Å². The summed E-state index contributed by atoms with van der Waals surface area (Å²) in [5.41, 5.74) is 0.616. The molecule has 0 spiro atoms. The molecule has 1 unspecified atom stereocenters. The van der Waals surface area contributed by atoms with Crippen LogP contribution < -0.4 is 4.72 Å². The first-order chi connectivity index (χ1) is 8.36. The SMILES string of the molecule is Cc1cc(Cl)ccc1S(=O)(=O)NCC(C)CCO. The van der Waals surface area contributed by atoms with E-state index in [4.69, 9.17) is 16.7 Å². The highest BCUT2D eigenvalue weighted by atomic mass is 35.5. The molecular formula is C12H18ClNO3S. The third-order valence-electron chi connectivity index (χ3n) is 2.67. The van der Waals surface area contributed by atoms with E-state index in [1.54, 1.807) is 19.1 Å². The van der Waals surface area contributed by atoms with Gasteiger partial charge in [0.1, 0.15) is 0 Å². The minimum Gasteiger partial charge on any atom is -0.396 e. The second-order valence-electron chi connectivity index (χ2n) is 4.38. The van der Waals surface area contributed by atoms with E-state index in [1.807, 2.05) is 6.92 Å². The van der Waals surface area contributed by atoms with Gasteiger partial charge < -0.3 is 5.11 Å². The maximum Gasteiger partial charge on any atom is 0.240 e. The Morgan fingerprint density at radius 2 is 2.11 bits per heavy atom. The molecule has 0 aliphatic rings. The lowest BCUT2D eigenvalue weighted by molar-refractivity contribution is 0.263. The Bertz CT molecular complexity index is 502. The molecule has 0 aliphatic carbocycles. The number of aliphatic hydroxyl groups excluding tert-OH is 1. The van der Waals surface area contributed by atoms with Crippen LogP contribution in [0.3, 0.4) is 0 Å². The molecule has 0 heterocycles. The van der Waals surface area contributed by atoms with Gasteiger partial charge >= 0.3 is 0 Å². The molecule has 0 fully saturated rings. The maximum absolute atomic E-state index is 12.1. The third kappa shape index (κ3) is 4.24. The quantitative estimate of drug-likeness (QED) is 0.842. The third-order valence-corrected chi connectivity index (χ3v) is 4.49. The molecule has 0 saturated carbocycles. The molecule has 1 aromatic carbocycles. The molecule has 1 atom stereocenters. The number of nitrogens with one attached hydrogen (secondary N) is 1. The van der Waals surface area contributed by atoms with E-state index >= 15 is 0 Å². The van der Waals surface area contributed by atoms with Crippen molar-refractivity contribution in [3.8, 4) is 0 Å². The van der Waals surface area contributed by atoms with Gasteiger partial charge in [-0.05, 0) is 43.0 Å². The number of hydrogen-bond acceptors (Lipinski definition) is 3. The van der Waals surface area contributed by atoms with Crippen LogP contribution in [0.25, 0.3) is 0 Å². The number of benzene rings is 1. The highest BCUT2D eigenvalue weighted by molar-refractivity contribution is 7.89. The lowest BCUT2D eigenvalue weighted by Gasteiger charge is -2.13. The molecule has 0 radical (unpaired) electrons. The van der Waals surface area contributed by atoms with Gasteiger partial charge in [0.05, 0.1) is 4.90 Å². The number of aryl methyl sites for hydroxylation is 1. The zero-order valence-electron chi connectivity index (χ0n) is 10.5. The average molecular weight is 292 g/mol. The molecule has 0 saturated heterocycles. The number of halogens is 1. The molecule has 0 aliphatic heterocycles. The summed E-state index contributed by atoms with van der Waals surface area (Å²) in [6.45, 7) is 3.96. The van der Waals surface area contributed by atoms with Crippen molar-refractivity contribution in [3.63, 3.8) is 0 Å². The maximum atomic E-state index is 12.1. The minimum absolute atomic E-state index is 0.0584. The van der Waals surface area contributed by atoms with Crippen molar-refractivity contribution >= 4 is 21.6 Å². The van der Waals surface area contributed by atoms with Crippen LogP contribution in [0.5, 0.6) is 0 Å². The van der Waals surface area contributed by atoms with Crippen LogP contribution in [0.4, 0.5) is 0 Å². The van der Waals surface area contributed by atoms with E-state index in [1.165, 1.54) is 6.07 Å². The van der Waals surface area contributed by atoms with Crippen LogP contribution in [0.1, 0.15) is 18.9 Å². The lowest BCUT2D eigenvalue weighted by Crippen LogP contribution is -2.29. The largest absolute Gasteiger partial charge is 0.396 e. The first-order valence-electron chi connectivity index (χ1n) is 5.73. The van der Waals surface area contributed by atoms with Gasteiger partial charge in [-0.2, -0.15) is 0 Å². The molecule has 0 bridgehead atoms. The van der Waals surface area contributed by atoms with E-state index < -0.39 is 10.0 Å². The van der Waals surface area contributed by atoms with Gasteiger partial charge in [0.2, 0.25) is 10.0 Å². The highest BCUT2D eigenvalue weighted by Gasteiger charge is 2.17. The topological polar surface area (TPSA) is 66.4 Å². The molecule has 4 nitrogen and oxygen atoms in total. The Balaban J connectivity index is 2.80. The summed E-state index contributed by atoms with van der Waals surface area (Å²) in [5.74, 6) is 0.0948. The summed E-state index contributed by atoms with van der Waals surface area (Å²) in [7, 11) is -3.51. The van der Waals surface area contributed by atoms with Crippen molar-refractivity contribution in [1.82, 2.24) is 4.72 Å². The molecule has 1 aromatic rings. The van der Waals surface area contributed by atoms with Crippen LogP contribution in [0, 0.1) is 12.8 Å². The highest BCUT2D eigenvalue weighted by Crippen LogP contribution is 2.19. The molecule has 0 amide bonds. The fourth-order valence-corrected chi connectivity index (χ4v) is 3.18. The van der Waals surface area contributed by atoms with E-state index in [-0.39, 0.29) is 17.4 Å². The molecule has 102 valence electrons. The Morgan fingerprint density at radius 3 is 2.67 bits per heavy atom. The number of sulfonamides is 1. The zero-order chi connectivity index (χ0) is 13.8. The van der Waals surface area contributed by atoms with Crippen molar-refractivity contribution in [3.05, 3.63) is 28.8 Å². The van der Waals surface area contributed by atoms with Crippen molar-refractivity contribution in [2.75, 3.05) is 13.2 Å². The van der Waals surface area contributed by atoms with Gasteiger partial charge in [0, 0.05) is 18.2 Å². The molecule has 18 heavy (non-hydrogen) atoms. The summed E-state index contributed by atoms with van der Waals surface area (Å²) in [6.07, 6.45) is 0.572. The first-order valence-corrected chi connectivity index (χ1v) is 7.59. The van der Waals surface area contributed by atoms with E-state index in [0.29, 0.717) is 23.6 Å². The Morgan fingerprint density at radius 1 is 1.44 bits per heavy atom. The summed E-state index contributed by atoms with van der Waals surface area (Å²) in [6, 6.07) is 4.67. The van der Waals surface area contributed by atoms with Crippen molar-refractivity contribution in [1.29, 1.82) is 0 Å². The second-order valence-corrected chi connectivity index (χ2v) is 6.55. The number of aliphatic hydroxyl groups is 1. The van der Waals surface area contributed by atoms with Crippen LogP contribution in [-0.4, -0.2) is 26.7 Å². The Labute approximate surface area is 113 Å². The summed E-state index contributed by atoms with van der Waals surface area (Å²) in [4.78, 5) is 0.239. The van der Waals surface area contributed by atoms with Gasteiger partial charge in [-0.15, -0.1) is 0 Å². The molecule has 0 aromatic heterocycles. The van der Waals surface area contributed by atoms with E-state index in [9.17, 15) is 8.42 Å². The monoisotopic (exact) mass is 291 g/mol. The van der Waals surface area contributed by atoms with E-state index in [0.717, 1.165) is 0 Å². The standard InChI is InChI=1S/C12H18ClNO3S/c1-9(5-6-15)8-14-18(16,17)12-4-3-11(13)7-10(12)2/h3-4,7,9,14-15H,5-6,8H2,1-2H3. The average Bonchev–Trinajstić information content (AvgIpc) is 2.26. The van der Waals surface area contributed by atoms with E-state index in [2.05, 4.69) is 4.72 Å². The Kier molecular flexibility index (Phi) is 5.59. The minimum atomic E-state index is -3.51. The Hall–Kier alpha value is -0.620. The van der Waals surface area contributed by atoms with Crippen LogP contribution in [-0.2, 0) is 10.0 Å². The first kappa shape index (κ1) is 15.4. The van der Waals surface area contributed by atoms with Crippen LogP contribution in [0.15, 0.2) is 23.1 Å². The van der Waals surface area contributed by atoms with Crippen molar-refractivity contribution < 1.29 is 13.5 Å². The number of hydrogen-bond donors (Lipinski definition) is 2. The fraction of sp³-hybridized carbons (Fsp3) is 0.500. The van der Waals surface area contributed by atoms with Gasteiger partial charge in [0.15, 0.2) is 0 Å². The molecule has 1 rings (SSSR count). The molecule has 6 heteroatoms. The van der Waals surface area contributed by atoms with Crippen molar-refractivity contribution in [2.45, 2.75) is 25.2 Å². The van der Waals surface area contributed by atoms with Crippen LogP contribution in [0.2, 0.25) is 5.02 Å². The van der Waals surface area contributed by atoms with Crippen LogP contribution >= 0.6 is 11.6 Å². The fourth-order valence-electron chi connectivity index (χ4n) is 1.57. The van der Waals surface area contributed by atoms with Gasteiger partial charge in [-0.1, -0.05) is 18.5 Å².